The first-order chi connectivity index (χ1) is 10.1. The lowest BCUT2D eigenvalue weighted by Crippen LogP contribution is -2.26. The van der Waals surface area contributed by atoms with Crippen molar-refractivity contribution in [3.05, 3.63) is 29.3 Å². The largest absolute Gasteiger partial charge is 0.493 e. The van der Waals surface area contributed by atoms with Crippen molar-refractivity contribution in [2.75, 3.05) is 26.7 Å². The van der Waals surface area contributed by atoms with Gasteiger partial charge in [-0.2, -0.15) is 0 Å². The number of unbranched alkanes of at least 4 members (excludes halogenated alkanes) is 1. The third kappa shape index (κ3) is 7.71. The molecule has 0 spiro atoms. The van der Waals surface area contributed by atoms with Gasteiger partial charge in [-0.1, -0.05) is 12.1 Å². The highest BCUT2D eigenvalue weighted by Crippen LogP contribution is 2.19. The normalized spacial score (nSPS) is 10.4. The smallest absolute Gasteiger partial charge is 0.219 e. The van der Waals surface area contributed by atoms with Gasteiger partial charge in [0.1, 0.15) is 5.75 Å². The van der Waals surface area contributed by atoms with Crippen LogP contribution in [0.5, 0.6) is 5.75 Å². The Morgan fingerprint density at radius 1 is 1.14 bits per heavy atom. The molecule has 0 heterocycles. The van der Waals surface area contributed by atoms with E-state index < -0.39 is 0 Å². The zero-order valence-corrected chi connectivity index (χ0v) is 13.5. The highest BCUT2D eigenvalue weighted by Gasteiger charge is 2.02. The van der Waals surface area contributed by atoms with Gasteiger partial charge in [0.15, 0.2) is 0 Å². The van der Waals surface area contributed by atoms with Crippen molar-refractivity contribution < 1.29 is 9.53 Å². The van der Waals surface area contributed by atoms with Crippen molar-refractivity contribution >= 4 is 5.91 Å². The lowest BCUT2D eigenvalue weighted by molar-refractivity contribution is -0.121. The fourth-order valence-corrected chi connectivity index (χ4v) is 2.01. The first-order valence-corrected chi connectivity index (χ1v) is 7.75. The van der Waals surface area contributed by atoms with E-state index in [1.165, 1.54) is 5.56 Å². The molecule has 0 aliphatic rings. The molecule has 1 aromatic rings. The number of ether oxygens (including phenoxy) is 1. The van der Waals surface area contributed by atoms with E-state index in [9.17, 15) is 4.79 Å². The summed E-state index contributed by atoms with van der Waals surface area (Å²) >= 11 is 0. The molecule has 0 aliphatic heterocycles. The quantitative estimate of drug-likeness (QED) is 0.652. The van der Waals surface area contributed by atoms with Gasteiger partial charge in [-0.05, 0) is 63.9 Å². The van der Waals surface area contributed by atoms with E-state index in [-0.39, 0.29) is 5.91 Å². The van der Waals surface area contributed by atoms with E-state index in [2.05, 4.69) is 35.8 Å². The molecular weight excluding hydrogens is 264 g/mol. The molecule has 1 rings (SSSR count). The second-order valence-corrected chi connectivity index (χ2v) is 5.38. The lowest BCUT2D eigenvalue weighted by Gasteiger charge is -2.10. The van der Waals surface area contributed by atoms with Crippen LogP contribution < -0.4 is 15.4 Å². The Balaban J connectivity index is 2.09. The molecule has 4 nitrogen and oxygen atoms in total. The Labute approximate surface area is 128 Å². The average molecular weight is 292 g/mol. The van der Waals surface area contributed by atoms with Crippen LogP contribution in [0, 0.1) is 13.8 Å². The number of carbonyl (C=O) groups is 1. The predicted molar refractivity (Wildman–Crippen MR) is 86.8 cm³/mol. The summed E-state index contributed by atoms with van der Waals surface area (Å²) in [6.07, 6.45) is 3.31. The van der Waals surface area contributed by atoms with E-state index in [1.54, 1.807) is 0 Å². The number of nitrogens with one attached hydrogen (secondary N) is 2. The second-order valence-electron chi connectivity index (χ2n) is 5.38. The molecule has 118 valence electrons. The van der Waals surface area contributed by atoms with Gasteiger partial charge < -0.3 is 15.4 Å². The Bertz CT molecular complexity index is 433. The van der Waals surface area contributed by atoms with Crippen LogP contribution in [-0.2, 0) is 4.79 Å². The van der Waals surface area contributed by atoms with Crippen molar-refractivity contribution in [3.8, 4) is 5.75 Å². The van der Waals surface area contributed by atoms with Gasteiger partial charge in [-0.15, -0.1) is 0 Å². The molecule has 0 bridgehead atoms. The van der Waals surface area contributed by atoms with Crippen molar-refractivity contribution in [3.63, 3.8) is 0 Å². The van der Waals surface area contributed by atoms with Gasteiger partial charge in [0.25, 0.3) is 0 Å². The number of hydrogen-bond donors (Lipinski definition) is 2. The molecule has 2 N–H and O–H groups in total. The minimum Gasteiger partial charge on any atom is -0.493 e. The summed E-state index contributed by atoms with van der Waals surface area (Å²) in [6, 6.07) is 6.22. The maximum Gasteiger partial charge on any atom is 0.219 e. The molecular formula is C17H28N2O2. The van der Waals surface area contributed by atoms with Crippen LogP contribution in [-0.4, -0.2) is 32.7 Å². The minimum atomic E-state index is 0.137. The molecule has 4 heteroatoms. The van der Waals surface area contributed by atoms with Crippen LogP contribution in [0.2, 0.25) is 0 Å². The molecule has 0 aliphatic carbocycles. The number of amides is 1. The Kier molecular flexibility index (Phi) is 8.51. The van der Waals surface area contributed by atoms with Crippen LogP contribution in [0.25, 0.3) is 0 Å². The summed E-state index contributed by atoms with van der Waals surface area (Å²) in [4.78, 5) is 11.6. The molecule has 1 amide bonds. The highest BCUT2D eigenvalue weighted by atomic mass is 16.5. The maximum atomic E-state index is 11.6. The Morgan fingerprint density at radius 2 is 1.95 bits per heavy atom. The SMILES string of the molecule is CNCCCNC(=O)CCCCOc1cc(C)ccc1C. The summed E-state index contributed by atoms with van der Waals surface area (Å²) in [7, 11) is 1.91. The number of aryl methyl sites for hydroxylation is 2. The second kappa shape index (κ2) is 10.2. The number of rotatable bonds is 10. The van der Waals surface area contributed by atoms with Gasteiger partial charge in [0.2, 0.25) is 5.91 Å². The highest BCUT2D eigenvalue weighted by molar-refractivity contribution is 5.75. The molecule has 0 aromatic heterocycles. The molecule has 0 atom stereocenters. The molecule has 0 radical (unpaired) electrons. The van der Waals surface area contributed by atoms with E-state index in [1.807, 2.05) is 14.0 Å². The minimum absolute atomic E-state index is 0.137. The summed E-state index contributed by atoms with van der Waals surface area (Å²) in [6.45, 7) is 6.46. The van der Waals surface area contributed by atoms with E-state index in [0.717, 1.165) is 43.7 Å². The maximum absolute atomic E-state index is 11.6. The van der Waals surface area contributed by atoms with Crippen LogP contribution in [0.15, 0.2) is 18.2 Å². The average Bonchev–Trinajstić information content (AvgIpc) is 2.47. The molecule has 0 fully saturated rings. The number of carbonyl (C=O) groups excluding carboxylic acids is 1. The summed E-state index contributed by atoms with van der Waals surface area (Å²) in [5.41, 5.74) is 2.36. The van der Waals surface area contributed by atoms with Gasteiger partial charge in [0, 0.05) is 13.0 Å². The van der Waals surface area contributed by atoms with Crippen molar-refractivity contribution in [2.45, 2.75) is 39.5 Å². The van der Waals surface area contributed by atoms with Gasteiger partial charge in [-0.3, -0.25) is 4.79 Å². The zero-order chi connectivity index (χ0) is 15.5. The lowest BCUT2D eigenvalue weighted by atomic mass is 10.1. The number of hydrogen-bond acceptors (Lipinski definition) is 3. The molecule has 0 saturated carbocycles. The van der Waals surface area contributed by atoms with Crippen LogP contribution >= 0.6 is 0 Å². The summed E-state index contributed by atoms with van der Waals surface area (Å²) < 4.78 is 5.77. The van der Waals surface area contributed by atoms with Crippen molar-refractivity contribution in [2.24, 2.45) is 0 Å². The van der Waals surface area contributed by atoms with Gasteiger partial charge in [-0.25, -0.2) is 0 Å². The molecule has 1 aromatic carbocycles. The number of benzene rings is 1. The monoisotopic (exact) mass is 292 g/mol. The third-order valence-electron chi connectivity index (χ3n) is 3.33. The topological polar surface area (TPSA) is 50.4 Å². The molecule has 0 saturated heterocycles. The third-order valence-corrected chi connectivity index (χ3v) is 3.33. The first kappa shape index (κ1) is 17.5. The van der Waals surface area contributed by atoms with Crippen LogP contribution in [0.3, 0.4) is 0 Å². The van der Waals surface area contributed by atoms with Gasteiger partial charge in [0.05, 0.1) is 6.61 Å². The molecule has 0 unspecified atom stereocenters. The summed E-state index contributed by atoms with van der Waals surface area (Å²) in [5, 5.41) is 5.98. The van der Waals surface area contributed by atoms with Crippen molar-refractivity contribution in [1.82, 2.24) is 10.6 Å². The zero-order valence-electron chi connectivity index (χ0n) is 13.5. The predicted octanol–water partition coefficient (Wildman–Crippen LogP) is 2.58. The van der Waals surface area contributed by atoms with E-state index in [4.69, 9.17) is 4.74 Å². The Hall–Kier alpha value is -1.55. The standard InChI is InChI=1S/C17H28N2O2/c1-14-8-9-15(2)16(13-14)21-12-5-4-7-17(20)19-11-6-10-18-3/h8-9,13,18H,4-7,10-12H2,1-3H3,(H,19,20). The Morgan fingerprint density at radius 3 is 2.71 bits per heavy atom. The first-order valence-electron chi connectivity index (χ1n) is 7.75. The fourth-order valence-electron chi connectivity index (χ4n) is 2.01. The van der Waals surface area contributed by atoms with Crippen molar-refractivity contribution in [1.29, 1.82) is 0 Å². The van der Waals surface area contributed by atoms with Gasteiger partial charge >= 0.3 is 0 Å². The molecule has 21 heavy (non-hydrogen) atoms. The van der Waals surface area contributed by atoms with Crippen LogP contribution in [0.1, 0.15) is 36.8 Å². The fraction of sp³-hybridized carbons (Fsp3) is 0.588. The summed E-state index contributed by atoms with van der Waals surface area (Å²) in [5.74, 6) is 1.09. The van der Waals surface area contributed by atoms with E-state index in [0.29, 0.717) is 13.0 Å². The van der Waals surface area contributed by atoms with Crippen LogP contribution in [0.4, 0.5) is 0 Å². The van der Waals surface area contributed by atoms with E-state index >= 15 is 0 Å².